The molecule has 2 N–H and O–H groups in total. The second-order valence-corrected chi connectivity index (χ2v) is 11.3. The number of anilines is 1. The Bertz CT molecular complexity index is 1640. The Kier molecular flexibility index (Phi) is 10.2. The van der Waals surface area contributed by atoms with Crippen LogP contribution in [0, 0.1) is 0 Å². The van der Waals surface area contributed by atoms with E-state index in [1.165, 1.54) is 13.2 Å². The first-order chi connectivity index (χ1) is 21.0. The number of nitrogens with one attached hydrogen (secondary N) is 2. The summed E-state index contributed by atoms with van der Waals surface area (Å²) < 4.78 is 17.7. The van der Waals surface area contributed by atoms with Crippen molar-refractivity contribution < 1.29 is 28.6 Å². The lowest BCUT2D eigenvalue weighted by Gasteiger charge is -2.21. The zero-order chi connectivity index (χ0) is 31.9. The molecule has 2 aromatic heterocycles. The number of benzene rings is 2. The predicted molar refractivity (Wildman–Crippen MR) is 168 cm³/mol. The first-order valence-corrected chi connectivity index (χ1v) is 14.5. The van der Waals surface area contributed by atoms with Crippen LogP contribution < -0.4 is 15.4 Å². The molecule has 0 bridgehead atoms. The Morgan fingerprint density at radius 3 is 2.41 bits per heavy atom. The van der Waals surface area contributed by atoms with E-state index in [-0.39, 0.29) is 11.6 Å². The molecule has 2 aromatic carbocycles. The molecule has 0 aliphatic rings. The number of carbonyl (C=O) groups is 3. The van der Waals surface area contributed by atoms with Gasteiger partial charge in [0.15, 0.2) is 0 Å². The summed E-state index contributed by atoms with van der Waals surface area (Å²) in [7, 11) is 2.87. The lowest BCUT2D eigenvalue weighted by atomic mass is 10.0. The van der Waals surface area contributed by atoms with Crippen LogP contribution in [0.3, 0.4) is 0 Å². The van der Waals surface area contributed by atoms with Gasteiger partial charge in [-0.2, -0.15) is 0 Å². The molecule has 0 saturated heterocycles. The SMILES string of the molecule is COC(=O)c1cccc(C(=O)Nc2nc3cccc(-c4cccnc4OC)c3n2C(C)CCCCNC(=O)OC(C)(C)C)c1. The van der Waals surface area contributed by atoms with E-state index < -0.39 is 23.6 Å². The van der Waals surface area contributed by atoms with Crippen molar-refractivity contribution >= 4 is 35.0 Å². The maximum atomic E-state index is 13.4. The summed E-state index contributed by atoms with van der Waals surface area (Å²) in [5, 5.41) is 5.77. The van der Waals surface area contributed by atoms with E-state index in [1.54, 1.807) is 31.5 Å². The molecule has 11 nitrogen and oxygen atoms in total. The highest BCUT2D eigenvalue weighted by molar-refractivity contribution is 6.06. The molecule has 1 atom stereocenters. The van der Waals surface area contributed by atoms with E-state index >= 15 is 0 Å². The van der Waals surface area contributed by atoms with Gasteiger partial charge in [-0.1, -0.05) is 18.2 Å². The van der Waals surface area contributed by atoms with Gasteiger partial charge in [-0.15, -0.1) is 0 Å². The third-order valence-corrected chi connectivity index (χ3v) is 6.89. The van der Waals surface area contributed by atoms with Gasteiger partial charge in [-0.25, -0.2) is 19.6 Å². The van der Waals surface area contributed by atoms with Crippen molar-refractivity contribution in [1.82, 2.24) is 19.9 Å². The van der Waals surface area contributed by atoms with E-state index in [0.717, 1.165) is 35.9 Å². The fourth-order valence-electron chi connectivity index (χ4n) is 4.92. The second kappa shape index (κ2) is 14.0. The van der Waals surface area contributed by atoms with Crippen molar-refractivity contribution in [2.45, 2.75) is 58.6 Å². The zero-order valence-corrected chi connectivity index (χ0v) is 26.0. The maximum absolute atomic E-state index is 13.4. The van der Waals surface area contributed by atoms with Crippen molar-refractivity contribution in [2.75, 3.05) is 26.1 Å². The fraction of sp³-hybridized carbons (Fsp3) is 0.364. The van der Waals surface area contributed by atoms with Crippen LogP contribution in [-0.2, 0) is 9.47 Å². The topological polar surface area (TPSA) is 134 Å². The van der Waals surface area contributed by atoms with Gasteiger partial charge in [-0.05, 0) is 83.4 Å². The summed E-state index contributed by atoms with van der Waals surface area (Å²) in [6.45, 7) is 8.01. The van der Waals surface area contributed by atoms with Crippen molar-refractivity contribution in [1.29, 1.82) is 0 Å². The molecule has 2 amide bonds. The van der Waals surface area contributed by atoms with Crippen molar-refractivity contribution in [3.8, 4) is 17.0 Å². The number of methoxy groups -OCH3 is 2. The summed E-state index contributed by atoms with van der Waals surface area (Å²) >= 11 is 0. The average Bonchev–Trinajstić information content (AvgIpc) is 3.37. The van der Waals surface area contributed by atoms with Crippen molar-refractivity contribution in [3.63, 3.8) is 0 Å². The number of para-hydroxylation sites is 1. The third-order valence-electron chi connectivity index (χ3n) is 6.89. The fourth-order valence-corrected chi connectivity index (χ4v) is 4.92. The van der Waals surface area contributed by atoms with Crippen LogP contribution in [0.1, 0.15) is 73.7 Å². The van der Waals surface area contributed by atoms with Crippen LogP contribution in [0.4, 0.5) is 10.7 Å². The van der Waals surface area contributed by atoms with Gasteiger partial charge in [0.2, 0.25) is 11.8 Å². The summed E-state index contributed by atoms with van der Waals surface area (Å²) in [6, 6.07) is 15.8. The minimum atomic E-state index is -0.558. The summed E-state index contributed by atoms with van der Waals surface area (Å²) in [5.41, 5.74) is 3.15. The molecular formula is C33H39N5O6. The number of amides is 2. The predicted octanol–water partition coefficient (Wildman–Crippen LogP) is 6.40. The summed E-state index contributed by atoms with van der Waals surface area (Å²) in [4.78, 5) is 46.7. The normalized spacial score (nSPS) is 12.0. The molecule has 0 aliphatic carbocycles. The molecule has 2 heterocycles. The van der Waals surface area contributed by atoms with Gasteiger partial charge in [0, 0.05) is 35.5 Å². The van der Waals surface area contributed by atoms with Gasteiger partial charge in [-0.3, -0.25) is 10.1 Å². The summed E-state index contributed by atoms with van der Waals surface area (Å²) in [6.07, 6.45) is 3.50. The largest absolute Gasteiger partial charge is 0.481 e. The minimum Gasteiger partial charge on any atom is -0.481 e. The number of nitrogens with zero attached hydrogens (tertiary/aromatic N) is 3. The van der Waals surface area contributed by atoms with Gasteiger partial charge in [0.1, 0.15) is 5.60 Å². The molecule has 1 unspecified atom stereocenters. The highest BCUT2D eigenvalue weighted by atomic mass is 16.6. The Hall–Kier alpha value is -4.93. The molecule has 0 radical (unpaired) electrons. The lowest BCUT2D eigenvalue weighted by Crippen LogP contribution is -2.33. The maximum Gasteiger partial charge on any atom is 0.407 e. The summed E-state index contributed by atoms with van der Waals surface area (Å²) in [5.74, 6) is -0.111. The third kappa shape index (κ3) is 7.71. The van der Waals surface area contributed by atoms with Crippen LogP contribution in [0.15, 0.2) is 60.8 Å². The molecule has 4 rings (SSSR count). The zero-order valence-electron chi connectivity index (χ0n) is 26.0. The van der Waals surface area contributed by atoms with E-state index in [0.29, 0.717) is 29.5 Å². The molecule has 11 heteroatoms. The van der Waals surface area contributed by atoms with Crippen LogP contribution in [-0.4, -0.2) is 58.9 Å². The first-order valence-electron chi connectivity index (χ1n) is 14.5. The highest BCUT2D eigenvalue weighted by Gasteiger charge is 2.23. The lowest BCUT2D eigenvalue weighted by molar-refractivity contribution is 0.0525. The number of fused-ring (bicyclic) bond motifs is 1. The number of carbonyl (C=O) groups excluding carboxylic acids is 3. The molecule has 0 aliphatic heterocycles. The number of imidazole rings is 1. The minimum absolute atomic E-state index is 0.0953. The van der Waals surface area contributed by atoms with Crippen LogP contribution >= 0.6 is 0 Å². The number of rotatable bonds is 11. The number of unbranched alkanes of at least 4 members (excludes halogenated alkanes) is 1. The van der Waals surface area contributed by atoms with E-state index in [9.17, 15) is 14.4 Å². The monoisotopic (exact) mass is 601 g/mol. The number of ether oxygens (including phenoxy) is 3. The molecular weight excluding hydrogens is 562 g/mol. The highest BCUT2D eigenvalue weighted by Crippen LogP contribution is 2.37. The van der Waals surface area contributed by atoms with E-state index in [4.69, 9.17) is 19.2 Å². The van der Waals surface area contributed by atoms with Crippen LogP contribution in [0.25, 0.3) is 22.2 Å². The molecule has 232 valence electrons. The molecule has 0 spiro atoms. The van der Waals surface area contributed by atoms with Crippen LogP contribution in [0.2, 0.25) is 0 Å². The second-order valence-electron chi connectivity index (χ2n) is 11.3. The number of hydrogen-bond donors (Lipinski definition) is 2. The van der Waals surface area contributed by atoms with Crippen LogP contribution in [0.5, 0.6) is 5.88 Å². The van der Waals surface area contributed by atoms with E-state index in [1.807, 2.05) is 55.7 Å². The Morgan fingerprint density at radius 1 is 0.955 bits per heavy atom. The van der Waals surface area contributed by atoms with Crippen molar-refractivity contribution in [3.05, 3.63) is 71.9 Å². The molecule has 44 heavy (non-hydrogen) atoms. The van der Waals surface area contributed by atoms with Crippen molar-refractivity contribution in [2.24, 2.45) is 0 Å². The Labute approximate surface area is 256 Å². The number of aromatic nitrogens is 3. The van der Waals surface area contributed by atoms with Gasteiger partial charge >= 0.3 is 12.1 Å². The average molecular weight is 602 g/mol. The number of pyridine rings is 1. The number of alkyl carbamates (subject to hydrolysis) is 1. The Morgan fingerprint density at radius 2 is 1.68 bits per heavy atom. The van der Waals surface area contributed by atoms with E-state index in [2.05, 4.69) is 22.5 Å². The quantitative estimate of drug-likeness (QED) is 0.149. The van der Waals surface area contributed by atoms with Gasteiger partial charge in [0.25, 0.3) is 5.91 Å². The first kappa shape index (κ1) is 32.0. The standard InChI is InChI=1S/C33H39N5O6/c1-21(12-7-8-18-35-32(41)44-33(2,3)4)38-27-24(25-16-11-19-34-29(25)42-5)15-10-17-26(27)36-31(38)37-28(39)22-13-9-14-23(20-22)30(40)43-6/h9-11,13-17,19-21H,7-8,12,18H2,1-6H3,(H,35,41)(H,36,37,39). The Balaban J connectivity index is 1.65. The smallest absolute Gasteiger partial charge is 0.407 e. The van der Waals surface area contributed by atoms with Gasteiger partial charge < -0.3 is 24.1 Å². The number of esters is 1. The number of hydrogen-bond acceptors (Lipinski definition) is 8. The molecule has 4 aromatic rings. The molecule has 0 fully saturated rings. The molecule has 0 saturated carbocycles. The van der Waals surface area contributed by atoms with Gasteiger partial charge in [0.05, 0.1) is 30.8 Å².